The maximum Gasteiger partial charge on any atom is 0.120 e. The van der Waals surface area contributed by atoms with E-state index in [2.05, 4.69) is 17.0 Å². The molecule has 186 valence electrons. The summed E-state index contributed by atoms with van der Waals surface area (Å²) in [6.07, 6.45) is 6.65. The lowest BCUT2D eigenvalue weighted by atomic mass is 9.85. The van der Waals surface area contributed by atoms with Crippen molar-refractivity contribution in [2.24, 2.45) is 0 Å². The molecule has 2 aromatic carbocycles. The van der Waals surface area contributed by atoms with Crippen LogP contribution in [0.1, 0.15) is 61.6 Å². The molecule has 0 amide bonds. The predicted octanol–water partition coefficient (Wildman–Crippen LogP) is 5.44. The molecule has 1 heterocycles. The Kier molecular flexibility index (Phi) is 8.08. The number of halogens is 1. The van der Waals surface area contributed by atoms with Crippen molar-refractivity contribution >= 4 is 11.6 Å². The molecule has 1 aliphatic heterocycles. The number of aliphatic hydroxyl groups is 2. The predicted molar refractivity (Wildman–Crippen MR) is 136 cm³/mol. The van der Waals surface area contributed by atoms with Gasteiger partial charge in [-0.05, 0) is 87.0 Å². The number of β-amino-alcohol motifs (C(OH)–C–C–N with tert-alkyl or cyclic N) is 1. The first-order chi connectivity index (χ1) is 16.2. The number of hydrogen-bond donors (Lipinski definition) is 2. The number of ether oxygens (including phenoxy) is 2. The third-order valence-corrected chi connectivity index (χ3v) is 7.77. The fourth-order valence-corrected chi connectivity index (χ4v) is 5.30. The minimum Gasteiger partial charge on any atom is -0.491 e. The second-order valence-corrected chi connectivity index (χ2v) is 10.8. The van der Waals surface area contributed by atoms with E-state index in [1.807, 2.05) is 38.1 Å². The first-order valence-electron chi connectivity index (χ1n) is 12.5. The molecular formula is C28H38ClNO4. The molecule has 0 radical (unpaired) electrons. The van der Waals surface area contributed by atoms with Crippen molar-refractivity contribution in [3.8, 4) is 11.5 Å². The molecule has 2 fully saturated rings. The van der Waals surface area contributed by atoms with Crippen molar-refractivity contribution in [2.75, 3.05) is 26.3 Å². The van der Waals surface area contributed by atoms with Crippen LogP contribution in [0.25, 0.3) is 0 Å². The first kappa shape index (κ1) is 25.3. The summed E-state index contributed by atoms with van der Waals surface area (Å²) >= 11 is 6.26. The summed E-state index contributed by atoms with van der Waals surface area (Å²) in [7, 11) is 0. The molecule has 2 aromatic rings. The maximum atomic E-state index is 11.2. The van der Waals surface area contributed by atoms with E-state index in [9.17, 15) is 10.2 Å². The van der Waals surface area contributed by atoms with E-state index < -0.39 is 11.2 Å². The highest BCUT2D eigenvalue weighted by atomic mass is 35.5. The summed E-state index contributed by atoms with van der Waals surface area (Å²) in [5, 5.41) is 22.6. The molecule has 2 aliphatic rings. The van der Waals surface area contributed by atoms with Crippen LogP contribution < -0.4 is 9.47 Å². The van der Waals surface area contributed by atoms with Gasteiger partial charge in [0, 0.05) is 18.1 Å². The highest BCUT2D eigenvalue weighted by Crippen LogP contribution is 2.30. The van der Waals surface area contributed by atoms with Gasteiger partial charge in [0.25, 0.3) is 0 Å². The fourth-order valence-electron chi connectivity index (χ4n) is 5.19. The molecule has 0 bridgehead atoms. The van der Waals surface area contributed by atoms with Gasteiger partial charge in [-0.2, -0.15) is 0 Å². The number of likely N-dealkylation sites (tertiary alicyclic amines) is 1. The van der Waals surface area contributed by atoms with Gasteiger partial charge in [-0.15, -0.1) is 0 Å². The standard InChI is InChI=1S/C28H38ClNO4/c1-21-15-25(16-22(2)26(21)29)34-20-28(32)13-6-14-30(18-28)17-23-7-9-24(10-8-23)33-19-27(31)11-4-3-5-12-27/h7-10,15-16,31-32H,3-6,11-14,17-20H2,1-2H3/t28-/m0/s1. The van der Waals surface area contributed by atoms with Crippen LogP contribution in [0.4, 0.5) is 0 Å². The zero-order valence-electron chi connectivity index (χ0n) is 20.5. The van der Waals surface area contributed by atoms with Gasteiger partial charge in [-0.25, -0.2) is 0 Å². The molecule has 0 spiro atoms. The first-order valence-corrected chi connectivity index (χ1v) is 12.9. The molecule has 0 aromatic heterocycles. The van der Waals surface area contributed by atoms with Gasteiger partial charge < -0.3 is 19.7 Å². The fraction of sp³-hybridized carbons (Fsp3) is 0.571. The molecule has 1 aliphatic carbocycles. The zero-order chi connectivity index (χ0) is 24.2. The topological polar surface area (TPSA) is 62.2 Å². The molecule has 34 heavy (non-hydrogen) atoms. The average molecular weight is 488 g/mol. The Balaban J connectivity index is 1.28. The van der Waals surface area contributed by atoms with Crippen molar-refractivity contribution in [3.05, 3.63) is 58.1 Å². The van der Waals surface area contributed by atoms with Gasteiger partial charge in [-0.3, -0.25) is 4.90 Å². The van der Waals surface area contributed by atoms with Crippen LogP contribution in [0, 0.1) is 13.8 Å². The SMILES string of the molecule is Cc1cc(OC[C@]2(O)CCCN(Cc3ccc(OCC4(O)CCCCC4)cc3)C2)cc(C)c1Cl. The molecular weight excluding hydrogens is 450 g/mol. The van der Waals surface area contributed by atoms with E-state index in [0.717, 1.165) is 79.3 Å². The van der Waals surface area contributed by atoms with Gasteiger partial charge in [0.1, 0.15) is 30.3 Å². The van der Waals surface area contributed by atoms with E-state index in [0.29, 0.717) is 13.2 Å². The molecule has 6 heteroatoms. The Morgan fingerprint density at radius 3 is 2.09 bits per heavy atom. The van der Waals surface area contributed by atoms with Crippen molar-refractivity contribution in [1.82, 2.24) is 4.90 Å². The number of hydrogen-bond acceptors (Lipinski definition) is 5. The third-order valence-electron chi connectivity index (χ3n) is 7.17. The van der Waals surface area contributed by atoms with E-state index in [-0.39, 0.29) is 6.61 Å². The molecule has 1 saturated carbocycles. The molecule has 1 atom stereocenters. The molecule has 2 N–H and O–H groups in total. The largest absolute Gasteiger partial charge is 0.491 e. The molecule has 1 saturated heterocycles. The van der Waals surface area contributed by atoms with Crippen molar-refractivity contribution < 1.29 is 19.7 Å². The van der Waals surface area contributed by atoms with Gasteiger partial charge in [0.15, 0.2) is 0 Å². The normalized spacial score (nSPS) is 23.0. The summed E-state index contributed by atoms with van der Waals surface area (Å²) in [6.45, 7) is 6.85. The highest BCUT2D eigenvalue weighted by molar-refractivity contribution is 6.32. The van der Waals surface area contributed by atoms with E-state index in [1.165, 1.54) is 12.0 Å². The number of piperidine rings is 1. The summed E-state index contributed by atoms with van der Waals surface area (Å²) in [6, 6.07) is 12.0. The summed E-state index contributed by atoms with van der Waals surface area (Å²) in [5.74, 6) is 1.54. The lowest BCUT2D eigenvalue weighted by Gasteiger charge is -2.39. The highest BCUT2D eigenvalue weighted by Gasteiger charge is 2.34. The van der Waals surface area contributed by atoms with Crippen molar-refractivity contribution in [2.45, 2.75) is 76.5 Å². The van der Waals surface area contributed by atoms with Crippen LogP contribution in [0.3, 0.4) is 0 Å². The Morgan fingerprint density at radius 2 is 1.41 bits per heavy atom. The molecule has 5 nitrogen and oxygen atoms in total. The Labute approximate surface area is 208 Å². The van der Waals surface area contributed by atoms with Crippen molar-refractivity contribution in [3.63, 3.8) is 0 Å². The smallest absolute Gasteiger partial charge is 0.120 e. The monoisotopic (exact) mass is 487 g/mol. The minimum atomic E-state index is -0.877. The number of rotatable bonds is 8. The van der Waals surface area contributed by atoms with Crippen LogP contribution >= 0.6 is 11.6 Å². The zero-order valence-corrected chi connectivity index (χ0v) is 21.2. The van der Waals surface area contributed by atoms with Crippen molar-refractivity contribution in [1.29, 1.82) is 0 Å². The average Bonchev–Trinajstić information content (AvgIpc) is 2.81. The lowest BCUT2D eigenvalue weighted by molar-refractivity contribution is -0.0621. The number of nitrogens with zero attached hydrogens (tertiary/aromatic N) is 1. The van der Waals surface area contributed by atoms with Crippen LogP contribution in [0.2, 0.25) is 5.02 Å². The van der Waals surface area contributed by atoms with E-state index >= 15 is 0 Å². The number of aryl methyl sites for hydroxylation is 2. The Bertz CT molecular complexity index is 934. The van der Waals surface area contributed by atoms with E-state index in [1.54, 1.807) is 0 Å². The van der Waals surface area contributed by atoms with Gasteiger partial charge in [0.05, 0.1) is 5.60 Å². The minimum absolute atomic E-state index is 0.264. The van der Waals surface area contributed by atoms with Crippen LogP contribution in [-0.2, 0) is 6.54 Å². The summed E-state index contributed by atoms with van der Waals surface area (Å²) in [4.78, 5) is 2.28. The van der Waals surface area contributed by atoms with Gasteiger partial charge >= 0.3 is 0 Å². The number of benzene rings is 2. The summed E-state index contributed by atoms with van der Waals surface area (Å²) in [5.41, 5.74) is 1.58. The Morgan fingerprint density at radius 1 is 0.824 bits per heavy atom. The third kappa shape index (κ3) is 6.66. The second kappa shape index (κ2) is 10.9. The van der Waals surface area contributed by atoms with Gasteiger partial charge in [-0.1, -0.05) is 43.0 Å². The Hall–Kier alpha value is -1.79. The maximum absolute atomic E-state index is 11.2. The molecule has 4 rings (SSSR count). The lowest BCUT2D eigenvalue weighted by Crippen LogP contribution is -2.51. The summed E-state index contributed by atoms with van der Waals surface area (Å²) < 4.78 is 11.9. The van der Waals surface area contributed by atoms with Gasteiger partial charge in [0.2, 0.25) is 0 Å². The van der Waals surface area contributed by atoms with E-state index in [4.69, 9.17) is 21.1 Å². The van der Waals surface area contributed by atoms with Crippen LogP contribution in [-0.4, -0.2) is 52.6 Å². The van der Waals surface area contributed by atoms with Crippen LogP contribution in [0.5, 0.6) is 11.5 Å². The van der Waals surface area contributed by atoms with Crippen LogP contribution in [0.15, 0.2) is 36.4 Å². The molecule has 0 unspecified atom stereocenters. The quantitative estimate of drug-likeness (QED) is 0.519. The second-order valence-electron chi connectivity index (χ2n) is 10.4.